The summed E-state index contributed by atoms with van der Waals surface area (Å²) in [6.45, 7) is 6.27. The second kappa shape index (κ2) is 6.88. The fraction of sp³-hybridized carbons (Fsp3) is 0.333. The van der Waals surface area contributed by atoms with Gasteiger partial charge >= 0.3 is 0 Å². The van der Waals surface area contributed by atoms with Gasteiger partial charge in [0.05, 0.1) is 11.2 Å². The van der Waals surface area contributed by atoms with Gasteiger partial charge in [-0.2, -0.15) is 10.2 Å². The number of hydrogen-bond donors (Lipinski definition) is 2. The van der Waals surface area contributed by atoms with Crippen LogP contribution in [0.15, 0.2) is 42.6 Å². The van der Waals surface area contributed by atoms with E-state index in [2.05, 4.69) is 36.3 Å². The number of nitrogens with one attached hydrogen (secondary N) is 1. The molecule has 1 aliphatic carbocycles. The Hall–Kier alpha value is -3.42. The van der Waals surface area contributed by atoms with E-state index in [9.17, 15) is 9.59 Å². The Balaban J connectivity index is 1.50. The van der Waals surface area contributed by atoms with Crippen LogP contribution in [-0.4, -0.2) is 31.4 Å². The molecule has 4 rings (SSSR count). The lowest BCUT2D eigenvalue weighted by Gasteiger charge is -2.22. The molecule has 0 spiro atoms. The van der Waals surface area contributed by atoms with Gasteiger partial charge in [0.2, 0.25) is 0 Å². The highest BCUT2D eigenvalue weighted by Crippen LogP contribution is 2.41. The van der Waals surface area contributed by atoms with Crippen LogP contribution in [0.1, 0.15) is 66.2 Å². The van der Waals surface area contributed by atoms with E-state index in [1.165, 1.54) is 0 Å². The number of rotatable bonds is 5. The molecule has 0 aliphatic heterocycles. The molecule has 3 N–H and O–H groups in total. The molecule has 0 atom stereocenters. The average Bonchev–Trinajstić information content (AvgIpc) is 3.20. The van der Waals surface area contributed by atoms with Crippen molar-refractivity contribution >= 4 is 17.5 Å². The predicted octanol–water partition coefficient (Wildman–Crippen LogP) is 3.05. The van der Waals surface area contributed by atoms with Crippen molar-refractivity contribution in [2.45, 2.75) is 45.1 Å². The lowest BCUT2D eigenvalue weighted by atomic mass is 10.1. The van der Waals surface area contributed by atoms with Gasteiger partial charge in [-0.05, 0) is 70.0 Å². The Kier molecular flexibility index (Phi) is 4.49. The van der Waals surface area contributed by atoms with Crippen LogP contribution in [0.5, 0.6) is 0 Å². The second-order valence-electron chi connectivity index (χ2n) is 8.32. The minimum Gasteiger partial charge on any atom is -0.364 e. The molecule has 2 heterocycles. The Morgan fingerprint density at radius 1 is 1.07 bits per heavy atom. The lowest BCUT2D eigenvalue weighted by Crippen LogP contribution is -2.25. The van der Waals surface area contributed by atoms with Gasteiger partial charge in [-0.25, -0.2) is 4.68 Å². The molecule has 0 bridgehead atoms. The average molecular weight is 392 g/mol. The van der Waals surface area contributed by atoms with E-state index in [0.717, 1.165) is 24.2 Å². The highest BCUT2D eigenvalue weighted by atomic mass is 16.2. The first kappa shape index (κ1) is 18.9. The molecular formula is C21H24N6O2. The fourth-order valence-corrected chi connectivity index (χ4v) is 3.21. The number of nitrogens with two attached hydrogens (primary N) is 1. The Bertz CT molecular complexity index is 1070. The molecule has 8 nitrogen and oxygen atoms in total. The maximum Gasteiger partial charge on any atom is 0.276 e. The van der Waals surface area contributed by atoms with Gasteiger partial charge in [-0.15, -0.1) is 0 Å². The van der Waals surface area contributed by atoms with E-state index in [1.54, 1.807) is 41.2 Å². The summed E-state index contributed by atoms with van der Waals surface area (Å²) in [6.07, 6.45) is 3.95. The van der Waals surface area contributed by atoms with Crippen LogP contribution in [0.4, 0.5) is 5.69 Å². The monoisotopic (exact) mass is 392 g/mol. The smallest absolute Gasteiger partial charge is 0.276 e. The fourth-order valence-electron chi connectivity index (χ4n) is 3.21. The Morgan fingerprint density at radius 3 is 2.31 bits per heavy atom. The standard InChI is InChI=1S/C21H24N6O2/c1-21(2,3)27-18(13-4-5-13)12-17(25-27)20(29)23-14-6-8-15(9-7-14)26-11-10-16(24-26)19(22)28/h6-13H,4-5H2,1-3H3,(H2,22,28)(H,23,29). The first-order valence-corrected chi connectivity index (χ1v) is 9.60. The number of nitrogens with zero attached hydrogens (tertiary/aromatic N) is 4. The van der Waals surface area contributed by atoms with Crippen molar-refractivity contribution in [1.29, 1.82) is 0 Å². The first-order chi connectivity index (χ1) is 13.7. The van der Waals surface area contributed by atoms with Crippen LogP contribution < -0.4 is 11.1 Å². The molecule has 8 heteroatoms. The quantitative estimate of drug-likeness (QED) is 0.696. The largest absolute Gasteiger partial charge is 0.364 e. The maximum absolute atomic E-state index is 12.7. The zero-order valence-electron chi connectivity index (χ0n) is 16.7. The molecule has 2 amide bonds. The Morgan fingerprint density at radius 2 is 1.76 bits per heavy atom. The van der Waals surface area contributed by atoms with E-state index >= 15 is 0 Å². The van der Waals surface area contributed by atoms with Gasteiger partial charge in [-0.1, -0.05) is 0 Å². The molecule has 3 aromatic rings. The normalized spacial score (nSPS) is 14.0. The molecular weight excluding hydrogens is 368 g/mol. The minimum atomic E-state index is -0.576. The Labute approximate surface area is 168 Å². The molecule has 29 heavy (non-hydrogen) atoms. The van der Waals surface area contributed by atoms with Crippen molar-refractivity contribution in [2.75, 3.05) is 5.32 Å². The second-order valence-corrected chi connectivity index (χ2v) is 8.32. The number of benzene rings is 1. The van der Waals surface area contributed by atoms with Crippen molar-refractivity contribution in [1.82, 2.24) is 19.6 Å². The molecule has 1 saturated carbocycles. The molecule has 1 aliphatic rings. The summed E-state index contributed by atoms with van der Waals surface area (Å²) in [4.78, 5) is 23.9. The SMILES string of the molecule is CC(C)(C)n1nc(C(=O)Nc2ccc(-n3ccc(C(N)=O)n3)cc2)cc1C1CC1. The van der Waals surface area contributed by atoms with Crippen molar-refractivity contribution in [3.05, 3.63) is 59.7 Å². The van der Waals surface area contributed by atoms with Crippen molar-refractivity contribution in [3.63, 3.8) is 0 Å². The summed E-state index contributed by atoms with van der Waals surface area (Å²) in [6, 6.07) is 10.6. The molecule has 1 fully saturated rings. The highest BCUT2D eigenvalue weighted by molar-refractivity contribution is 6.03. The van der Waals surface area contributed by atoms with Gasteiger partial charge in [0.1, 0.15) is 5.69 Å². The lowest BCUT2D eigenvalue weighted by molar-refractivity contribution is 0.0992. The molecule has 0 saturated heterocycles. The van der Waals surface area contributed by atoms with Crippen LogP contribution in [0.25, 0.3) is 5.69 Å². The predicted molar refractivity (Wildman–Crippen MR) is 109 cm³/mol. The zero-order chi connectivity index (χ0) is 20.8. The van der Waals surface area contributed by atoms with E-state index in [1.807, 2.05) is 10.7 Å². The molecule has 150 valence electrons. The number of amides is 2. The maximum atomic E-state index is 12.7. The van der Waals surface area contributed by atoms with Crippen molar-refractivity contribution < 1.29 is 9.59 Å². The number of anilines is 1. The summed E-state index contributed by atoms with van der Waals surface area (Å²) in [5.74, 6) is -0.312. The number of carbonyl (C=O) groups excluding carboxylic acids is 2. The van der Waals surface area contributed by atoms with Crippen molar-refractivity contribution in [2.24, 2.45) is 5.73 Å². The van der Waals surface area contributed by atoms with Crippen LogP contribution in [0.2, 0.25) is 0 Å². The first-order valence-electron chi connectivity index (χ1n) is 9.60. The molecule has 0 unspecified atom stereocenters. The van der Waals surface area contributed by atoms with Gasteiger partial charge in [0, 0.05) is 23.5 Å². The van der Waals surface area contributed by atoms with Crippen molar-refractivity contribution in [3.8, 4) is 5.69 Å². The van der Waals surface area contributed by atoms with Gasteiger partial charge < -0.3 is 11.1 Å². The molecule has 0 radical (unpaired) electrons. The van der Waals surface area contributed by atoms with Gasteiger partial charge in [0.25, 0.3) is 11.8 Å². The van der Waals surface area contributed by atoms with E-state index < -0.39 is 5.91 Å². The summed E-state index contributed by atoms with van der Waals surface area (Å²) in [5.41, 5.74) is 8.21. The van der Waals surface area contributed by atoms with E-state index in [0.29, 0.717) is 17.3 Å². The third-order valence-electron chi connectivity index (χ3n) is 4.83. The number of aromatic nitrogens is 4. The minimum absolute atomic E-state index is 0.175. The van der Waals surface area contributed by atoms with Gasteiger partial charge in [0.15, 0.2) is 5.69 Å². The van der Waals surface area contributed by atoms with Crippen LogP contribution in [0.3, 0.4) is 0 Å². The summed E-state index contributed by atoms with van der Waals surface area (Å²) >= 11 is 0. The van der Waals surface area contributed by atoms with E-state index in [4.69, 9.17) is 5.73 Å². The summed E-state index contributed by atoms with van der Waals surface area (Å²) < 4.78 is 3.52. The topological polar surface area (TPSA) is 108 Å². The molecule has 1 aromatic carbocycles. The van der Waals surface area contributed by atoms with Crippen LogP contribution >= 0.6 is 0 Å². The van der Waals surface area contributed by atoms with Gasteiger partial charge in [-0.3, -0.25) is 14.3 Å². The third-order valence-corrected chi connectivity index (χ3v) is 4.83. The van der Waals surface area contributed by atoms with E-state index in [-0.39, 0.29) is 17.1 Å². The van der Waals surface area contributed by atoms with Crippen LogP contribution in [0, 0.1) is 0 Å². The zero-order valence-corrected chi connectivity index (χ0v) is 16.7. The van der Waals surface area contributed by atoms with Crippen LogP contribution in [-0.2, 0) is 5.54 Å². The highest BCUT2D eigenvalue weighted by Gasteiger charge is 2.32. The summed E-state index contributed by atoms with van der Waals surface area (Å²) in [5, 5.41) is 11.6. The molecule has 2 aromatic heterocycles. The number of carbonyl (C=O) groups is 2. The summed E-state index contributed by atoms with van der Waals surface area (Å²) in [7, 11) is 0. The number of hydrogen-bond acceptors (Lipinski definition) is 4. The number of primary amides is 1. The third kappa shape index (κ3) is 3.91.